The highest BCUT2D eigenvalue weighted by molar-refractivity contribution is 6.00. The molecule has 0 saturated heterocycles. The second kappa shape index (κ2) is 10.1. The van der Waals surface area contributed by atoms with Crippen LogP contribution in [0.4, 0.5) is 42.5 Å². The van der Waals surface area contributed by atoms with E-state index in [1.54, 1.807) is 0 Å². The highest BCUT2D eigenvalue weighted by atomic mass is 19.3. The summed E-state index contributed by atoms with van der Waals surface area (Å²) >= 11 is 0. The van der Waals surface area contributed by atoms with Crippen molar-refractivity contribution >= 4 is 23.3 Å². The highest BCUT2D eigenvalue weighted by Crippen LogP contribution is 2.43. The molecule has 0 atom stereocenters. The van der Waals surface area contributed by atoms with Gasteiger partial charge in [0.15, 0.2) is 0 Å². The normalized spacial score (nSPS) is 11.6. The minimum Gasteiger partial charge on any atom is -0.457 e. The molecule has 3 amide bonds. The number of amides is 3. The number of hydrogen-bond donors (Lipinski definition) is 3. The number of nitrogens with zero attached hydrogens (tertiary/aromatic N) is 1. The van der Waals surface area contributed by atoms with Gasteiger partial charge in [0.05, 0.1) is 11.4 Å². The Morgan fingerprint density at radius 3 is 2.17 bits per heavy atom. The van der Waals surface area contributed by atoms with E-state index in [4.69, 9.17) is 4.74 Å². The number of carbonyl (C=O) groups excluding carboxylic acids is 2. The third kappa shape index (κ3) is 5.85. The second-order valence-electron chi connectivity index (χ2n) is 7.44. The fraction of sp³-hybridized carbons (Fsp3) is 0.174. The van der Waals surface area contributed by atoms with Crippen LogP contribution in [0, 0.1) is 11.6 Å². The quantitative estimate of drug-likeness (QED) is 0.344. The second-order valence-corrected chi connectivity index (χ2v) is 7.44. The largest absolute Gasteiger partial charge is 0.457 e. The van der Waals surface area contributed by atoms with Crippen molar-refractivity contribution in [2.75, 3.05) is 17.7 Å². The van der Waals surface area contributed by atoms with Gasteiger partial charge in [0.2, 0.25) is 0 Å². The Balaban J connectivity index is 1.72. The summed E-state index contributed by atoms with van der Waals surface area (Å²) in [7, 11) is 1.42. The van der Waals surface area contributed by atoms with E-state index in [-0.39, 0.29) is 29.8 Å². The molecule has 0 radical (unpaired) electrons. The SMILES string of the molecule is CNC(=O)c1cc(Oc2ccc(NC(=O)Nc3cc(C(F)(F)C(C)(F)F)ccc3F)c(F)c2)ccn1. The van der Waals surface area contributed by atoms with E-state index in [0.29, 0.717) is 18.2 Å². The fourth-order valence-corrected chi connectivity index (χ4v) is 2.87. The summed E-state index contributed by atoms with van der Waals surface area (Å²) in [5.41, 5.74) is -2.38. The smallest absolute Gasteiger partial charge is 0.335 e. The maximum Gasteiger partial charge on any atom is 0.335 e. The number of alkyl halides is 4. The average Bonchev–Trinajstić information content (AvgIpc) is 2.81. The lowest BCUT2D eigenvalue weighted by molar-refractivity contribution is -0.204. The first-order chi connectivity index (χ1) is 16.8. The van der Waals surface area contributed by atoms with E-state index in [9.17, 15) is 35.9 Å². The lowest BCUT2D eigenvalue weighted by Gasteiger charge is -2.24. The molecule has 2 aromatic carbocycles. The number of anilines is 2. The Labute approximate surface area is 200 Å². The fourth-order valence-electron chi connectivity index (χ4n) is 2.87. The molecule has 0 spiro atoms. The molecular formula is C23H18F6N4O3. The predicted molar refractivity (Wildman–Crippen MR) is 118 cm³/mol. The first-order valence-electron chi connectivity index (χ1n) is 10.1. The van der Waals surface area contributed by atoms with Crippen molar-refractivity contribution in [2.45, 2.75) is 18.8 Å². The molecule has 1 heterocycles. The summed E-state index contributed by atoms with van der Waals surface area (Å²) in [4.78, 5) is 27.7. The summed E-state index contributed by atoms with van der Waals surface area (Å²) in [6.07, 6.45) is 1.31. The van der Waals surface area contributed by atoms with Crippen molar-refractivity contribution in [3.8, 4) is 11.5 Å². The molecule has 1 aromatic heterocycles. The lowest BCUT2D eigenvalue weighted by Crippen LogP contribution is -2.35. The summed E-state index contributed by atoms with van der Waals surface area (Å²) in [6, 6.07) is 6.10. The summed E-state index contributed by atoms with van der Waals surface area (Å²) < 4.78 is 88.2. The van der Waals surface area contributed by atoms with Crippen molar-refractivity contribution in [3.05, 3.63) is 77.6 Å². The number of aromatic nitrogens is 1. The molecule has 3 N–H and O–H groups in total. The monoisotopic (exact) mass is 512 g/mol. The number of benzene rings is 2. The first-order valence-corrected chi connectivity index (χ1v) is 10.1. The zero-order valence-electron chi connectivity index (χ0n) is 18.6. The van der Waals surface area contributed by atoms with Crippen LogP contribution in [0.15, 0.2) is 54.7 Å². The standard InChI is InChI=1S/C23H18F6N4O3/c1-22(26,27)23(28,29)12-3-5-15(24)18(9-12)33-21(35)32-17-6-4-13(10-16(17)25)36-14-7-8-31-19(11-14)20(34)30-2/h3-11H,1-2H3,(H,30,34)(H2,32,33,35). The van der Waals surface area contributed by atoms with Gasteiger partial charge in [-0.2, -0.15) is 17.6 Å². The van der Waals surface area contributed by atoms with Crippen LogP contribution in [0.5, 0.6) is 11.5 Å². The lowest BCUT2D eigenvalue weighted by atomic mass is 10.0. The van der Waals surface area contributed by atoms with Crippen LogP contribution in [0.25, 0.3) is 0 Å². The molecule has 3 rings (SSSR count). The van der Waals surface area contributed by atoms with Gasteiger partial charge in [-0.25, -0.2) is 13.6 Å². The summed E-state index contributed by atoms with van der Waals surface area (Å²) in [5.74, 6) is -11.5. The molecule has 3 aromatic rings. The van der Waals surface area contributed by atoms with Crippen LogP contribution < -0.4 is 20.7 Å². The first kappa shape index (κ1) is 26.3. The third-order valence-corrected chi connectivity index (χ3v) is 4.74. The number of rotatable bonds is 7. The van der Waals surface area contributed by atoms with Crippen molar-refractivity contribution in [3.63, 3.8) is 0 Å². The molecular weight excluding hydrogens is 494 g/mol. The van der Waals surface area contributed by atoms with E-state index < -0.39 is 46.7 Å². The van der Waals surface area contributed by atoms with E-state index in [2.05, 4.69) is 15.6 Å². The van der Waals surface area contributed by atoms with Crippen LogP contribution >= 0.6 is 0 Å². The molecule has 0 saturated carbocycles. The van der Waals surface area contributed by atoms with Crippen molar-refractivity contribution in [1.82, 2.24) is 10.3 Å². The van der Waals surface area contributed by atoms with Crippen LogP contribution in [-0.2, 0) is 5.92 Å². The molecule has 0 aliphatic carbocycles. The Bertz CT molecular complexity index is 1300. The number of ether oxygens (including phenoxy) is 1. The van der Waals surface area contributed by atoms with Gasteiger partial charge in [-0.15, -0.1) is 0 Å². The highest BCUT2D eigenvalue weighted by Gasteiger charge is 2.53. The van der Waals surface area contributed by atoms with Crippen LogP contribution in [0.2, 0.25) is 0 Å². The van der Waals surface area contributed by atoms with Crippen molar-refractivity contribution in [2.24, 2.45) is 0 Å². The minimum absolute atomic E-state index is 0.00183. The predicted octanol–water partition coefficient (Wildman–Crippen LogP) is 5.90. The van der Waals surface area contributed by atoms with Crippen molar-refractivity contribution in [1.29, 1.82) is 0 Å². The molecule has 0 aliphatic heterocycles. The van der Waals surface area contributed by atoms with Crippen LogP contribution in [0.3, 0.4) is 0 Å². The average molecular weight is 512 g/mol. The van der Waals surface area contributed by atoms with E-state index >= 15 is 0 Å². The Hall–Kier alpha value is -4.29. The van der Waals surface area contributed by atoms with Gasteiger partial charge in [-0.1, -0.05) is 0 Å². The number of carbonyl (C=O) groups is 2. The summed E-state index contributed by atoms with van der Waals surface area (Å²) in [5, 5.41) is 6.32. The zero-order chi connectivity index (χ0) is 26.7. The molecule has 0 fully saturated rings. The molecule has 190 valence electrons. The van der Waals surface area contributed by atoms with Crippen LogP contribution in [0.1, 0.15) is 23.0 Å². The molecule has 0 unspecified atom stereocenters. The number of hydrogen-bond acceptors (Lipinski definition) is 4. The topological polar surface area (TPSA) is 92.4 Å². The Morgan fingerprint density at radius 1 is 0.861 bits per heavy atom. The van der Waals surface area contributed by atoms with Gasteiger partial charge in [0, 0.05) is 37.9 Å². The van der Waals surface area contributed by atoms with E-state index in [1.807, 2.05) is 5.32 Å². The van der Waals surface area contributed by atoms with Crippen molar-refractivity contribution < 1.29 is 40.7 Å². The van der Waals surface area contributed by atoms with E-state index in [0.717, 1.165) is 12.1 Å². The van der Waals surface area contributed by atoms with Gasteiger partial charge in [-0.3, -0.25) is 9.78 Å². The van der Waals surface area contributed by atoms with E-state index in [1.165, 1.54) is 31.4 Å². The van der Waals surface area contributed by atoms with Gasteiger partial charge >= 0.3 is 17.9 Å². The van der Waals surface area contributed by atoms with Gasteiger partial charge in [-0.05, 0) is 36.4 Å². The molecule has 7 nitrogen and oxygen atoms in total. The van der Waals surface area contributed by atoms with Gasteiger partial charge < -0.3 is 20.7 Å². The molecule has 36 heavy (non-hydrogen) atoms. The Morgan fingerprint density at radius 2 is 1.53 bits per heavy atom. The maximum absolute atomic E-state index is 14.5. The van der Waals surface area contributed by atoms with Gasteiger partial charge in [0.25, 0.3) is 5.91 Å². The molecule has 0 aliphatic rings. The number of pyridine rings is 1. The maximum atomic E-state index is 14.5. The number of nitrogens with one attached hydrogen (secondary N) is 3. The van der Waals surface area contributed by atoms with Crippen LogP contribution in [-0.4, -0.2) is 29.9 Å². The number of urea groups is 1. The molecule has 13 heteroatoms. The zero-order valence-corrected chi connectivity index (χ0v) is 18.6. The Kier molecular flexibility index (Phi) is 7.41. The number of halogens is 6. The summed E-state index contributed by atoms with van der Waals surface area (Å²) in [6.45, 7) is 0.00183. The minimum atomic E-state index is -4.63. The third-order valence-electron chi connectivity index (χ3n) is 4.74. The molecule has 0 bridgehead atoms. The van der Waals surface area contributed by atoms with Gasteiger partial charge in [0.1, 0.15) is 28.8 Å².